The molecule has 150 valence electrons. The minimum Gasteiger partial charge on any atom is -0.372 e. The fourth-order valence-electron chi connectivity index (χ4n) is 3.20. The van der Waals surface area contributed by atoms with E-state index in [1.54, 1.807) is 6.20 Å². The van der Waals surface area contributed by atoms with Crippen LogP contribution in [-0.2, 0) is 0 Å². The Kier molecular flexibility index (Phi) is 6.79. The van der Waals surface area contributed by atoms with Crippen LogP contribution in [0.2, 0.25) is 0 Å². The normalized spacial score (nSPS) is 10.4. The molecule has 0 aliphatic carbocycles. The topological polar surface area (TPSA) is 61.4 Å². The van der Waals surface area contributed by atoms with E-state index in [4.69, 9.17) is 0 Å². The van der Waals surface area contributed by atoms with E-state index in [1.807, 2.05) is 59.5 Å². The maximum atomic E-state index is 12.5. The molecule has 1 N–H and O–H groups in total. The van der Waals surface area contributed by atoms with Crippen LogP contribution in [0.4, 0.5) is 22.9 Å². The fraction of sp³-hybridized carbons (Fsp3) is 0.261. The Morgan fingerprint density at radius 2 is 1.52 bits per heavy atom. The number of hydrogen-bond acceptors (Lipinski definition) is 5. The van der Waals surface area contributed by atoms with Crippen molar-refractivity contribution < 1.29 is 4.79 Å². The minimum absolute atomic E-state index is 0.276. The van der Waals surface area contributed by atoms with Gasteiger partial charge < -0.3 is 15.1 Å². The maximum absolute atomic E-state index is 12.5. The number of para-hydroxylation sites is 1. The Labute approximate surface area is 172 Å². The van der Waals surface area contributed by atoms with Gasteiger partial charge in [0, 0.05) is 36.7 Å². The number of anilines is 4. The van der Waals surface area contributed by atoms with Crippen LogP contribution >= 0.6 is 0 Å². The zero-order valence-electron chi connectivity index (χ0n) is 17.2. The Hall–Kier alpha value is -3.41. The van der Waals surface area contributed by atoms with Crippen LogP contribution in [0.3, 0.4) is 0 Å². The number of rotatable bonds is 8. The van der Waals surface area contributed by atoms with E-state index in [0.29, 0.717) is 5.82 Å². The Balaban J connectivity index is 1.69. The summed E-state index contributed by atoms with van der Waals surface area (Å²) in [7, 11) is 0. The van der Waals surface area contributed by atoms with Crippen LogP contribution in [-0.4, -0.2) is 35.5 Å². The van der Waals surface area contributed by atoms with Gasteiger partial charge in [-0.2, -0.15) is 0 Å². The summed E-state index contributed by atoms with van der Waals surface area (Å²) in [5.41, 5.74) is 3.19. The van der Waals surface area contributed by atoms with Crippen LogP contribution in [0.15, 0.2) is 67.0 Å². The molecule has 1 aromatic heterocycles. The van der Waals surface area contributed by atoms with Crippen LogP contribution in [0.1, 0.15) is 31.3 Å². The molecule has 0 bridgehead atoms. The highest BCUT2D eigenvalue weighted by molar-refractivity contribution is 6.02. The zero-order chi connectivity index (χ0) is 20.6. The van der Waals surface area contributed by atoms with Crippen molar-refractivity contribution in [3.05, 3.63) is 72.7 Å². The third-order valence-electron chi connectivity index (χ3n) is 4.79. The molecule has 0 unspecified atom stereocenters. The molecular formula is C23H27N5O. The summed E-state index contributed by atoms with van der Waals surface area (Å²) in [6, 6.07) is 17.8. The number of nitrogens with one attached hydrogen (secondary N) is 1. The second kappa shape index (κ2) is 9.68. The molecule has 3 aromatic rings. The van der Waals surface area contributed by atoms with Gasteiger partial charge in [0.1, 0.15) is 5.69 Å². The predicted octanol–water partition coefficient (Wildman–Crippen LogP) is 4.73. The van der Waals surface area contributed by atoms with Crippen molar-refractivity contribution in [2.75, 3.05) is 34.8 Å². The van der Waals surface area contributed by atoms with Gasteiger partial charge in [-0.1, -0.05) is 18.2 Å². The van der Waals surface area contributed by atoms with Gasteiger partial charge in [-0.15, -0.1) is 0 Å². The van der Waals surface area contributed by atoms with E-state index in [2.05, 4.69) is 41.0 Å². The van der Waals surface area contributed by atoms with Crippen molar-refractivity contribution in [1.29, 1.82) is 0 Å². The molecule has 0 saturated carbocycles. The standard InChI is InChI=1S/C23H27N5O/c1-4-27(5-2)19-14-12-18(13-15-19)26-23(29)21-16-25-22(17-24-21)28(6-3)20-10-8-7-9-11-20/h7-17H,4-6H2,1-3H3,(H,26,29). The second-order valence-corrected chi connectivity index (χ2v) is 6.51. The molecule has 6 heteroatoms. The molecule has 2 aromatic carbocycles. The van der Waals surface area contributed by atoms with Crippen molar-refractivity contribution in [2.45, 2.75) is 20.8 Å². The molecule has 3 rings (SSSR count). The number of benzene rings is 2. The first-order chi connectivity index (χ1) is 14.2. The second-order valence-electron chi connectivity index (χ2n) is 6.51. The van der Waals surface area contributed by atoms with E-state index >= 15 is 0 Å². The summed E-state index contributed by atoms with van der Waals surface area (Å²) in [6.45, 7) is 8.95. The van der Waals surface area contributed by atoms with Crippen molar-refractivity contribution in [2.24, 2.45) is 0 Å². The summed E-state index contributed by atoms with van der Waals surface area (Å²) in [4.78, 5) is 25.6. The molecule has 0 aliphatic heterocycles. The van der Waals surface area contributed by atoms with E-state index < -0.39 is 0 Å². The third-order valence-corrected chi connectivity index (χ3v) is 4.79. The van der Waals surface area contributed by atoms with Crippen molar-refractivity contribution in [3.8, 4) is 0 Å². The van der Waals surface area contributed by atoms with Crippen molar-refractivity contribution >= 4 is 28.8 Å². The lowest BCUT2D eigenvalue weighted by molar-refractivity contribution is 0.102. The number of carbonyl (C=O) groups excluding carboxylic acids is 1. The number of nitrogens with zero attached hydrogens (tertiary/aromatic N) is 4. The Morgan fingerprint density at radius 3 is 2.07 bits per heavy atom. The average molecular weight is 390 g/mol. The van der Waals surface area contributed by atoms with Gasteiger partial charge in [0.15, 0.2) is 5.82 Å². The first-order valence-corrected chi connectivity index (χ1v) is 9.97. The highest BCUT2D eigenvalue weighted by atomic mass is 16.1. The first-order valence-electron chi connectivity index (χ1n) is 9.97. The van der Waals surface area contributed by atoms with Gasteiger partial charge in [-0.25, -0.2) is 9.97 Å². The van der Waals surface area contributed by atoms with Crippen LogP contribution in [0, 0.1) is 0 Å². The average Bonchev–Trinajstić information content (AvgIpc) is 2.77. The van der Waals surface area contributed by atoms with Crippen LogP contribution < -0.4 is 15.1 Å². The molecule has 0 fully saturated rings. The minimum atomic E-state index is -0.276. The van der Waals surface area contributed by atoms with E-state index in [1.165, 1.54) is 6.20 Å². The lowest BCUT2D eigenvalue weighted by Gasteiger charge is -2.21. The van der Waals surface area contributed by atoms with Gasteiger partial charge in [0.25, 0.3) is 5.91 Å². The molecule has 0 saturated heterocycles. The summed E-state index contributed by atoms with van der Waals surface area (Å²) < 4.78 is 0. The molecule has 1 amide bonds. The highest BCUT2D eigenvalue weighted by Crippen LogP contribution is 2.22. The van der Waals surface area contributed by atoms with E-state index in [0.717, 1.165) is 36.7 Å². The van der Waals surface area contributed by atoms with E-state index in [9.17, 15) is 4.79 Å². The molecule has 0 aliphatic rings. The Bertz CT molecular complexity index is 906. The zero-order valence-corrected chi connectivity index (χ0v) is 17.2. The number of aromatic nitrogens is 2. The number of amides is 1. The van der Waals surface area contributed by atoms with Crippen LogP contribution in [0.25, 0.3) is 0 Å². The lowest BCUT2D eigenvalue weighted by atomic mass is 10.2. The fourth-order valence-corrected chi connectivity index (χ4v) is 3.20. The van der Waals surface area contributed by atoms with Crippen LogP contribution in [0.5, 0.6) is 0 Å². The quantitative estimate of drug-likeness (QED) is 0.603. The van der Waals surface area contributed by atoms with Gasteiger partial charge in [0.2, 0.25) is 0 Å². The van der Waals surface area contributed by atoms with Gasteiger partial charge >= 0.3 is 0 Å². The monoisotopic (exact) mass is 389 g/mol. The van der Waals surface area contributed by atoms with Crippen molar-refractivity contribution in [1.82, 2.24) is 9.97 Å². The summed E-state index contributed by atoms with van der Waals surface area (Å²) in [5, 5.41) is 2.88. The molecule has 0 radical (unpaired) electrons. The summed E-state index contributed by atoms with van der Waals surface area (Å²) in [6.07, 6.45) is 3.15. The lowest BCUT2D eigenvalue weighted by Crippen LogP contribution is -2.21. The maximum Gasteiger partial charge on any atom is 0.275 e. The summed E-state index contributed by atoms with van der Waals surface area (Å²) in [5.74, 6) is 0.432. The summed E-state index contributed by atoms with van der Waals surface area (Å²) >= 11 is 0. The molecule has 0 atom stereocenters. The SMILES string of the molecule is CCN(CC)c1ccc(NC(=O)c2cnc(N(CC)c3ccccc3)cn2)cc1. The number of hydrogen-bond donors (Lipinski definition) is 1. The highest BCUT2D eigenvalue weighted by Gasteiger charge is 2.12. The van der Waals surface area contributed by atoms with Gasteiger partial charge in [-0.3, -0.25) is 4.79 Å². The largest absolute Gasteiger partial charge is 0.372 e. The third kappa shape index (κ3) is 4.90. The van der Waals surface area contributed by atoms with Gasteiger partial charge in [-0.05, 0) is 57.2 Å². The van der Waals surface area contributed by atoms with Gasteiger partial charge in [0.05, 0.1) is 12.4 Å². The predicted molar refractivity (Wildman–Crippen MR) is 119 cm³/mol. The van der Waals surface area contributed by atoms with Crippen molar-refractivity contribution in [3.63, 3.8) is 0 Å². The number of carbonyl (C=O) groups is 1. The molecule has 0 spiro atoms. The Morgan fingerprint density at radius 1 is 0.828 bits per heavy atom. The smallest absolute Gasteiger partial charge is 0.275 e. The molecular weight excluding hydrogens is 362 g/mol. The molecule has 6 nitrogen and oxygen atoms in total. The molecule has 29 heavy (non-hydrogen) atoms. The molecule has 1 heterocycles. The van der Waals surface area contributed by atoms with E-state index in [-0.39, 0.29) is 11.6 Å². The first kappa shape index (κ1) is 20.3.